The molecule has 189 valence electrons. The van der Waals surface area contributed by atoms with Gasteiger partial charge >= 0.3 is 22.6 Å². The van der Waals surface area contributed by atoms with Crippen LogP contribution in [0.1, 0.15) is 19.3 Å². The summed E-state index contributed by atoms with van der Waals surface area (Å²) in [5.74, 6) is 0. The molecule has 1 unspecified atom stereocenters. The van der Waals surface area contributed by atoms with Gasteiger partial charge in [0, 0.05) is 21.1 Å². The molecule has 37 heavy (non-hydrogen) atoms. The van der Waals surface area contributed by atoms with E-state index in [1.165, 1.54) is 15.9 Å². The summed E-state index contributed by atoms with van der Waals surface area (Å²) in [6.45, 7) is 9.90. The van der Waals surface area contributed by atoms with Gasteiger partial charge in [-0.25, -0.2) is 0 Å². The average molecular weight is 592 g/mol. The van der Waals surface area contributed by atoms with Crippen molar-refractivity contribution in [3.05, 3.63) is 136 Å². The summed E-state index contributed by atoms with van der Waals surface area (Å²) in [5.41, 5.74) is 0. The minimum atomic E-state index is -0.446. The SMILES string of the molecule is O=[C-]CCCC1CO1.[C-]#[O+].[C-]#[O+].[CH]1[CH][CH][CH][CH]1.[Mo].c1ccc(P(c2ccccc2)c2ccccc2)cc1. The van der Waals surface area contributed by atoms with Gasteiger partial charge in [-0.3, -0.25) is 6.29 Å². The van der Waals surface area contributed by atoms with Crippen LogP contribution in [0.4, 0.5) is 0 Å². The van der Waals surface area contributed by atoms with Crippen LogP contribution in [0.2, 0.25) is 0 Å². The second-order valence-corrected chi connectivity index (χ2v) is 9.52. The van der Waals surface area contributed by atoms with Crippen LogP contribution in [-0.4, -0.2) is 19.0 Å². The fraction of sp³-hybridized carbons (Fsp3) is 0.161. The van der Waals surface area contributed by atoms with Crippen molar-refractivity contribution < 1.29 is 39.9 Å². The van der Waals surface area contributed by atoms with Crippen LogP contribution in [-0.2, 0) is 39.9 Å². The molecule has 6 heteroatoms. The molecule has 3 aromatic rings. The van der Waals surface area contributed by atoms with E-state index in [1.807, 2.05) is 38.4 Å². The van der Waals surface area contributed by atoms with Crippen LogP contribution in [0.25, 0.3) is 0 Å². The van der Waals surface area contributed by atoms with Crippen molar-refractivity contribution in [2.24, 2.45) is 0 Å². The zero-order chi connectivity index (χ0) is 26.3. The van der Waals surface area contributed by atoms with E-state index in [4.69, 9.17) is 14.0 Å². The molecule has 1 saturated carbocycles. The van der Waals surface area contributed by atoms with Crippen LogP contribution in [0.5, 0.6) is 0 Å². The third kappa shape index (κ3) is 15.7. The van der Waals surface area contributed by atoms with Gasteiger partial charge < -0.3 is 9.53 Å². The first-order chi connectivity index (χ1) is 17.9. The van der Waals surface area contributed by atoms with Gasteiger partial charge in [0.15, 0.2) is 0 Å². The van der Waals surface area contributed by atoms with Crippen LogP contribution in [0, 0.1) is 45.4 Å². The molecule has 1 aliphatic carbocycles. The summed E-state index contributed by atoms with van der Waals surface area (Å²) in [6, 6.07) is 32.3. The standard InChI is InChI=1S/C18H15P.C6H9O2.C5H5.2CO.Mo/c1-4-10-16(11-5-1)19(17-12-6-2-7-13-17)18-14-8-3-9-15-18;7-4-2-1-3-6-5-8-6;1-2-4-5-3-1;2*1-2;/h1-15H;6H,1-3,5H2;1-5H;;;/q;-1;;;;. The smallest absolute Gasteiger partial charge is 0 e. The van der Waals surface area contributed by atoms with Crippen molar-refractivity contribution in [1.29, 1.82) is 0 Å². The number of ether oxygens (including phenoxy) is 1. The minimum absolute atomic E-state index is 0. The molecule has 1 atom stereocenters. The second kappa shape index (κ2) is 24.2. The zero-order valence-electron chi connectivity index (χ0n) is 20.4. The third-order valence-electron chi connectivity index (χ3n) is 4.81. The first-order valence-corrected chi connectivity index (χ1v) is 12.7. The summed E-state index contributed by atoms with van der Waals surface area (Å²) in [6.07, 6.45) is 14.9. The fourth-order valence-corrected chi connectivity index (χ4v) is 5.44. The summed E-state index contributed by atoms with van der Waals surface area (Å²) < 4.78 is 19.9. The molecule has 1 heterocycles. The Kier molecular flexibility index (Phi) is 22.9. The Bertz CT molecular complexity index is 849. The molecule has 5 radical (unpaired) electrons. The number of carbonyl (C=O) groups excluding carboxylic acids is 1. The molecular weight excluding hydrogens is 563 g/mol. The number of rotatable bonds is 7. The van der Waals surface area contributed by atoms with E-state index in [2.05, 4.69) is 104 Å². The summed E-state index contributed by atoms with van der Waals surface area (Å²) in [5, 5.41) is 4.19. The fourth-order valence-electron chi connectivity index (χ4n) is 3.14. The van der Waals surface area contributed by atoms with Crippen molar-refractivity contribution in [2.75, 3.05) is 6.61 Å². The quantitative estimate of drug-likeness (QED) is 0.0963. The van der Waals surface area contributed by atoms with E-state index >= 15 is 0 Å². The van der Waals surface area contributed by atoms with Crippen LogP contribution < -0.4 is 15.9 Å². The molecule has 0 amide bonds. The van der Waals surface area contributed by atoms with E-state index in [-0.39, 0.29) is 21.1 Å². The average Bonchev–Trinajstić information content (AvgIpc) is 3.58. The van der Waals surface area contributed by atoms with E-state index in [9.17, 15) is 4.79 Å². The monoisotopic (exact) mass is 594 g/mol. The van der Waals surface area contributed by atoms with Crippen LogP contribution in [0.15, 0.2) is 91.0 Å². The van der Waals surface area contributed by atoms with E-state index in [0.717, 1.165) is 19.4 Å². The molecule has 0 spiro atoms. The molecule has 5 rings (SSSR count). The maximum Gasteiger partial charge on any atom is 0 e. The predicted octanol–water partition coefficient (Wildman–Crippen LogP) is 5.05. The zero-order valence-corrected chi connectivity index (χ0v) is 23.3. The Morgan fingerprint density at radius 1 is 0.703 bits per heavy atom. The number of hydrogen-bond acceptors (Lipinski definition) is 2. The van der Waals surface area contributed by atoms with Crippen molar-refractivity contribution in [3.8, 4) is 0 Å². The van der Waals surface area contributed by atoms with E-state index in [0.29, 0.717) is 12.5 Å². The van der Waals surface area contributed by atoms with E-state index < -0.39 is 7.92 Å². The first kappa shape index (κ1) is 34.9. The molecule has 2 aliphatic rings. The molecule has 0 aromatic heterocycles. The number of unbranched alkanes of at least 4 members (excludes halogenated alkanes) is 1. The Morgan fingerprint density at radius 3 is 1.30 bits per heavy atom. The maximum absolute atomic E-state index is 9.64. The number of epoxide rings is 1. The largest absolute Gasteiger partial charge is 0.0622 e. The molecule has 2 fully saturated rings. The molecule has 3 aromatic carbocycles. The van der Waals surface area contributed by atoms with Gasteiger partial charge in [-0.05, 0) is 62.4 Å². The predicted molar refractivity (Wildman–Crippen MR) is 144 cm³/mol. The van der Waals surface area contributed by atoms with Gasteiger partial charge in [-0.1, -0.05) is 97.4 Å². The first-order valence-electron chi connectivity index (χ1n) is 11.4. The third-order valence-corrected chi connectivity index (χ3v) is 7.25. The Labute approximate surface area is 237 Å². The van der Waals surface area contributed by atoms with Gasteiger partial charge in [0.25, 0.3) is 0 Å². The number of benzene rings is 3. The Hall–Kier alpha value is -2.11. The van der Waals surface area contributed by atoms with Crippen molar-refractivity contribution in [1.82, 2.24) is 0 Å². The van der Waals surface area contributed by atoms with Crippen LogP contribution >= 0.6 is 7.92 Å². The van der Waals surface area contributed by atoms with Crippen LogP contribution in [0.3, 0.4) is 0 Å². The Morgan fingerprint density at radius 2 is 1.03 bits per heavy atom. The van der Waals surface area contributed by atoms with Gasteiger partial charge in [-0.2, -0.15) is 6.42 Å². The van der Waals surface area contributed by atoms with Crippen molar-refractivity contribution >= 4 is 30.1 Å². The molecule has 1 saturated heterocycles. The van der Waals surface area contributed by atoms with Crippen molar-refractivity contribution in [3.63, 3.8) is 0 Å². The summed E-state index contributed by atoms with van der Waals surface area (Å²) in [4.78, 5) is 9.64. The summed E-state index contributed by atoms with van der Waals surface area (Å²) in [7, 11) is -0.446. The summed E-state index contributed by atoms with van der Waals surface area (Å²) >= 11 is 0. The topological polar surface area (TPSA) is 69.4 Å². The van der Waals surface area contributed by atoms with Gasteiger partial charge in [0.2, 0.25) is 0 Å². The van der Waals surface area contributed by atoms with Crippen molar-refractivity contribution in [2.45, 2.75) is 25.4 Å². The molecular formula is C31H29MoO4P-. The van der Waals surface area contributed by atoms with Gasteiger partial charge in [-0.15, -0.1) is 0 Å². The molecule has 0 bridgehead atoms. The second-order valence-electron chi connectivity index (χ2n) is 7.30. The normalized spacial score (nSPS) is 14.2. The molecule has 0 N–H and O–H groups in total. The molecule has 4 nitrogen and oxygen atoms in total. The minimum Gasteiger partial charge on any atom is -0.0622 e. The maximum atomic E-state index is 9.64. The molecule has 1 aliphatic heterocycles. The van der Waals surface area contributed by atoms with Gasteiger partial charge in [0.05, 0.1) is 12.7 Å². The van der Waals surface area contributed by atoms with E-state index in [1.54, 1.807) is 0 Å². The Balaban J connectivity index is 0.000000596. The number of hydrogen-bond donors (Lipinski definition) is 0. The van der Waals surface area contributed by atoms with Gasteiger partial charge in [0.1, 0.15) is 0 Å².